The van der Waals surface area contributed by atoms with Crippen LogP contribution < -0.4 is 0 Å². The zero-order valence-electron chi connectivity index (χ0n) is 26.6. The summed E-state index contributed by atoms with van der Waals surface area (Å²) in [6, 6.07) is 0. The van der Waals surface area contributed by atoms with Gasteiger partial charge in [-0.15, -0.1) is 0 Å². The first kappa shape index (κ1) is 37.0. The highest BCUT2D eigenvalue weighted by Crippen LogP contribution is 2.16. The van der Waals surface area contributed by atoms with Gasteiger partial charge in [0.25, 0.3) is 0 Å². The third-order valence-electron chi connectivity index (χ3n) is 8.52. The summed E-state index contributed by atoms with van der Waals surface area (Å²) >= 11 is 0. The van der Waals surface area contributed by atoms with Crippen LogP contribution in [0.1, 0.15) is 232 Å². The Bertz CT molecular complexity index is 325. The minimum atomic E-state index is 1.37. The van der Waals surface area contributed by atoms with Crippen LogP contribution in [0.15, 0.2) is 0 Å². The van der Waals surface area contributed by atoms with E-state index in [1.165, 1.54) is 218 Å². The Kier molecular flexibility index (Phi) is 36.0. The van der Waals surface area contributed by atoms with Gasteiger partial charge in [-0.2, -0.15) is 0 Å². The Hall–Kier alpha value is 0. The Morgan fingerprint density at radius 1 is 0.216 bits per heavy atom. The van der Waals surface area contributed by atoms with Gasteiger partial charge in [-0.1, -0.05) is 232 Å². The van der Waals surface area contributed by atoms with E-state index in [0.29, 0.717) is 0 Å². The molecule has 0 saturated carbocycles. The van der Waals surface area contributed by atoms with E-state index in [1.807, 2.05) is 0 Å². The summed E-state index contributed by atoms with van der Waals surface area (Å²) in [5.41, 5.74) is 0. The van der Waals surface area contributed by atoms with Crippen molar-refractivity contribution >= 4 is 0 Å². The maximum Gasteiger partial charge on any atom is -0.0386 e. The average molecular weight is 520 g/mol. The summed E-state index contributed by atoms with van der Waals surface area (Å²) in [5.74, 6) is 0. The van der Waals surface area contributed by atoms with E-state index in [1.54, 1.807) is 0 Å². The topological polar surface area (TPSA) is 0 Å². The van der Waals surface area contributed by atoms with E-state index in [2.05, 4.69) is 20.3 Å². The molecule has 0 spiro atoms. The first-order chi connectivity index (χ1) is 18.4. The highest BCUT2D eigenvalue weighted by molar-refractivity contribution is 4.64. The van der Waals surface area contributed by atoms with E-state index in [4.69, 9.17) is 0 Å². The number of hydrogen-bond acceptors (Lipinski definition) is 0. The zero-order valence-corrected chi connectivity index (χ0v) is 26.6. The van der Waals surface area contributed by atoms with Crippen molar-refractivity contribution in [2.24, 2.45) is 0 Å². The van der Waals surface area contributed by atoms with Crippen LogP contribution in [0.2, 0.25) is 0 Å². The van der Waals surface area contributed by atoms with Crippen LogP contribution in [-0.4, -0.2) is 0 Å². The summed E-state index contributed by atoms with van der Waals surface area (Å²) in [6.07, 6.45) is 52.4. The lowest BCUT2D eigenvalue weighted by atomic mass is 10.0. The standard InChI is InChI=1S/C37H75/c1-3-5-7-9-11-13-15-17-19-21-23-25-27-29-31-33-35-37-36-34-32-30-28-26-24-22-20-18-16-14-12-10-8-6-4-2/h27H,3-26,28-37H2,1-2H3. The van der Waals surface area contributed by atoms with Crippen molar-refractivity contribution in [3.05, 3.63) is 6.42 Å². The molecule has 0 nitrogen and oxygen atoms in total. The fraction of sp³-hybridized carbons (Fsp3) is 0.973. The molecule has 0 aromatic heterocycles. The Morgan fingerprint density at radius 3 is 0.568 bits per heavy atom. The van der Waals surface area contributed by atoms with Crippen LogP contribution in [0.25, 0.3) is 0 Å². The molecule has 0 heterocycles. The fourth-order valence-electron chi connectivity index (χ4n) is 5.82. The largest absolute Gasteiger partial charge is 0.0654 e. The monoisotopic (exact) mass is 520 g/mol. The number of rotatable bonds is 34. The lowest BCUT2D eigenvalue weighted by Gasteiger charge is -2.04. The molecule has 0 rings (SSSR count). The average Bonchev–Trinajstić information content (AvgIpc) is 2.91. The highest BCUT2D eigenvalue weighted by Gasteiger charge is 1.97. The molecule has 1 radical (unpaired) electrons. The van der Waals surface area contributed by atoms with Gasteiger partial charge >= 0.3 is 0 Å². The van der Waals surface area contributed by atoms with E-state index >= 15 is 0 Å². The van der Waals surface area contributed by atoms with Crippen LogP contribution in [0, 0.1) is 6.42 Å². The van der Waals surface area contributed by atoms with Crippen molar-refractivity contribution in [1.29, 1.82) is 0 Å². The molecule has 0 fully saturated rings. The molecule has 0 aromatic rings. The predicted molar refractivity (Wildman–Crippen MR) is 173 cm³/mol. The summed E-state index contributed by atoms with van der Waals surface area (Å²) < 4.78 is 0. The Morgan fingerprint density at radius 2 is 0.378 bits per heavy atom. The van der Waals surface area contributed by atoms with Crippen LogP contribution in [-0.2, 0) is 0 Å². The molecule has 0 aliphatic heterocycles. The molecule has 0 atom stereocenters. The van der Waals surface area contributed by atoms with Gasteiger partial charge in [0.15, 0.2) is 0 Å². The maximum atomic E-state index is 2.59. The number of hydrogen-bond donors (Lipinski definition) is 0. The summed E-state index contributed by atoms with van der Waals surface area (Å²) in [7, 11) is 0. The quantitative estimate of drug-likeness (QED) is 0.0741. The second-order valence-corrected chi connectivity index (χ2v) is 12.5. The summed E-state index contributed by atoms with van der Waals surface area (Å²) in [6.45, 7) is 4.61. The smallest absolute Gasteiger partial charge is 0.0386 e. The van der Waals surface area contributed by atoms with Crippen molar-refractivity contribution in [1.82, 2.24) is 0 Å². The van der Waals surface area contributed by atoms with Crippen LogP contribution in [0.5, 0.6) is 0 Å². The normalized spacial score (nSPS) is 11.5. The van der Waals surface area contributed by atoms with Gasteiger partial charge in [-0.25, -0.2) is 0 Å². The molecule has 0 heteroatoms. The van der Waals surface area contributed by atoms with Gasteiger partial charge in [0.05, 0.1) is 0 Å². The Balaban J connectivity index is 3.00. The number of unbranched alkanes of at least 4 members (excludes halogenated alkanes) is 34. The maximum absolute atomic E-state index is 2.59. The first-order valence-corrected chi connectivity index (χ1v) is 18.2. The molecule has 0 amide bonds. The lowest BCUT2D eigenvalue weighted by Crippen LogP contribution is -1.85. The van der Waals surface area contributed by atoms with Gasteiger partial charge in [-0.05, 0) is 6.42 Å². The van der Waals surface area contributed by atoms with Gasteiger partial charge in [0.1, 0.15) is 0 Å². The molecule has 37 heavy (non-hydrogen) atoms. The highest BCUT2D eigenvalue weighted by atomic mass is 14.0. The SMILES string of the molecule is CCCCCCCCCCCCC[CH]CCCCCCCCCCCCCCCCCCCCCCC. The molecule has 0 unspecified atom stereocenters. The molecular formula is C37H75. The minimum Gasteiger partial charge on any atom is -0.0654 e. The summed E-state index contributed by atoms with van der Waals surface area (Å²) in [5, 5.41) is 0. The van der Waals surface area contributed by atoms with E-state index in [-0.39, 0.29) is 0 Å². The van der Waals surface area contributed by atoms with Crippen molar-refractivity contribution in [3.8, 4) is 0 Å². The first-order valence-electron chi connectivity index (χ1n) is 18.2. The third kappa shape index (κ3) is 36.0. The van der Waals surface area contributed by atoms with Crippen molar-refractivity contribution < 1.29 is 0 Å². The van der Waals surface area contributed by atoms with Gasteiger partial charge in [0, 0.05) is 0 Å². The molecule has 0 aromatic carbocycles. The van der Waals surface area contributed by atoms with Gasteiger partial charge in [-0.3, -0.25) is 0 Å². The zero-order chi connectivity index (χ0) is 26.7. The van der Waals surface area contributed by atoms with Gasteiger partial charge < -0.3 is 0 Å². The minimum absolute atomic E-state index is 1.37. The molecule has 0 bridgehead atoms. The third-order valence-corrected chi connectivity index (χ3v) is 8.52. The molecule has 0 aliphatic carbocycles. The van der Waals surface area contributed by atoms with E-state index in [9.17, 15) is 0 Å². The molecule has 223 valence electrons. The lowest BCUT2D eigenvalue weighted by molar-refractivity contribution is 0.519. The van der Waals surface area contributed by atoms with Crippen LogP contribution in [0.3, 0.4) is 0 Å². The van der Waals surface area contributed by atoms with E-state index < -0.39 is 0 Å². The molecule has 0 aliphatic rings. The van der Waals surface area contributed by atoms with Crippen LogP contribution in [0.4, 0.5) is 0 Å². The molecular weight excluding hydrogens is 444 g/mol. The van der Waals surface area contributed by atoms with Crippen molar-refractivity contribution in [3.63, 3.8) is 0 Å². The summed E-state index contributed by atoms with van der Waals surface area (Å²) in [4.78, 5) is 0. The van der Waals surface area contributed by atoms with Gasteiger partial charge in [0.2, 0.25) is 0 Å². The Labute approximate surface area is 238 Å². The fourth-order valence-corrected chi connectivity index (χ4v) is 5.82. The van der Waals surface area contributed by atoms with Crippen molar-refractivity contribution in [2.75, 3.05) is 0 Å². The second-order valence-electron chi connectivity index (χ2n) is 12.5. The molecule has 0 saturated heterocycles. The molecule has 0 N–H and O–H groups in total. The van der Waals surface area contributed by atoms with Crippen molar-refractivity contribution in [2.45, 2.75) is 232 Å². The van der Waals surface area contributed by atoms with Crippen LogP contribution >= 0.6 is 0 Å². The second kappa shape index (κ2) is 36.0. The predicted octanol–water partition coefficient (Wildman–Crippen LogP) is 14.5. The van der Waals surface area contributed by atoms with E-state index in [0.717, 1.165) is 0 Å².